The minimum Gasteiger partial charge on any atom is -0.392 e. The molecule has 102 valence electrons. The van der Waals surface area contributed by atoms with Crippen LogP contribution in [-0.4, -0.2) is 35.7 Å². The molecule has 0 aliphatic carbocycles. The molecule has 0 rings (SSSR count). The van der Waals surface area contributed by atoms with E-state index in [0.717, 1.165) is 0 Å². The summed E-state index contributed by atoms with van der Waals surface area (Å²) in [5, 5.41) is 8.02. The fourth-order valence-corrected chi connectivity index (χ4v) is 0.799. The van der Waals surface area contributed by atoms with Crippen molar-refractivity contribution in [2.24, 2.45) is 0 Å². The normalized spacial score (nSPS) is 18.5. The van der Waals surface area contributed by atoms with Gasteiger partial charge in [-0.2, -0.15) is 35.1 Å². The Morgan fingerprint density at radius 3 is 1.41 bits per heavy atom. The number of aliphatic hydroxyl groups excluding tert-OH is 1. The molecule has 0 unspecified atom stereocenters. The average molecular weight is 276 g/mol. The monoisotopic (exact) mass is 276 g/mol. The Labute approximate surface area is 88.5 Å². The third-order valence-corrected chi connectivity index (χ3v) is 1.68. The lowest BCUT2D eigenvalue weighted by molar-refractivity contribution is -0.369. The van der Waals surface area contributed by atoms with Gasteiger partial charge in [0.05, 0.1) is 6.61 Å². The molecule has 0 aromatic carbocycles. The molecule has 0 saturated heterocycles. The zero-order chi connectivity index (χ0) is 14.1. The Kier molecular flexibility index (Phi) is 4.15. The first-order chi connectivity index (χ1) is 7.31. The number of allylic oxidation sites excluding steroid dienone is 1. The van der Waals surface area contributed by atoms with Crippen LogP contribution in [0.15, 0.2) is 12.2 Å². The van der Waals surface area contributed by atoms with Crippen molar-refractivity contribution in [1.29, 1.82) is 0 Å². The van der Waals surface area contributed by atoms with Gasteiger partial charge in [0.15, 0.2) is 0 Å². The summed E-state index contributed by atoms with van der Waals surface area (Å²) in [5.74, 6) is -6.66. The van der Waals surface area contributed by atoms with Crippen molar-refractivity contribution in [2.45, 2.75) is 23.9 Å². The molecular weight excluding hydrogens is 271 g/mol. The second kappa shape index (κ2) is 4.39. The van der Waals surface area contributed by atoms with Crippen LogP contribution in [0.4, 0.5) is 39.5 Å². The maximum atomic E-state index is 13.0. The number of hydrogen-bond donors (Lipinski definition) is 1. The van der Waals surface area contributed by atoms with Crippen LogP contribution in [0.5, 0.6) is 0 Å². The largest absolute Gasteiger partial charge is 0.457 e. The van der Waals surface area contributed by atoms with Gasteiger partial charge in [-0.3, -0.25) is 0 Å². The van der Waals surface area contributed by atoms with Crippen LogP contribution >= 0.6 is 0 Å². The predicted octanol–water partition coefficient (Wildman–Crippen LogP) is 3.00. The molecule has 0 aromatic heterocycles. The summed E-state index contributed by atoms with van der Waals surface area (Å²) in [6.07, 6.45) is -14.5. The number of hydrogen-bond acceptors (Lipinski definition) is 1. The number of alkyl halides is 9. The van der Waals surface area contributed by atoms with Gasteiger partial charge in [0, 0.05) is 0 Å². The molecule has 0 heterocycles. The van der Waals surface area contributed by atoms with Crippen LogP contribution in [-0.2, 0) is 0 Å². The van der Waals surface area contributed by atoms with Gasteiger partial charge in [0.2, 0.25) is 0 Å². The molecule has 0 aliphatic rings. The van der Waals surface area contributed by atoms with Gasteiger partial charge in [-0.15, -0.1) is 0 Å². The molecule has 0 fully saturated rings. The van der Waals surface area contributed by atoms with Crippen LogP contribution in [0.3, 0.4) is 0 Å². The molecule has 0 spiro atoms. The van der Waals surface area contributed by atoms with Gasteiger partial charge >= 0.3 is 18.3 Å². The molecular formula is C7H5F9O. The Balaban J connectivity index is 5.73. The molecule has 1 nitrogen and oxygen atoms in total. The van der Waals surface area contributed by atoms with E-state index in [2.05, 4.69) is 0 Å². The van der Waals surface area contributed by atoms with E-state index in [0.29, 0.717) is 0 Å². The molecule has 0 aliphatic heterocycles. The van der Waals surface area contributed by atoms with E-state index in [9.17, 15) is 39.5 Å². The SMILES string of the molecule is OC/C=C\[C@@](F)(C(F)(F)F)C(F)(F)C(F)(F)F. The maximum Gasteiger partial charge on any atom is 0.457 e. The third kappa shape index (κ3) is 2.67. The predicted molar refractivity (Wildman–Crippen MR) is 37.1 cm³/mol. The smallest absolute Gasteiger partial charge is 0.392 e. The van der Waals surface area contributed by atoms with E-state index in [1.807, 2.05) is 0 Å². The van der Waals surface area contributed by atoms with Crippen LogP contribution in [0.25, 0.3) is 0 Å². The zero-order valence-corrected chi connectivity index (χ0v) is 7.71. The minimum absolute atomic E-state index is 0.187. The molecule has 0 aromatic rings. The molecule has 1 atom stereocenters. The standard InChI is InChI=1S/C7H5F9O/c8-4(2-1-3-17,6(11,12)13)5(9,10)7(14,15)16/h1-2,17H,3H2/b2-1-/t4-/m0/s1. The Morgan fingerprint density at radius 2 is 1.18 bits per heavy atom. The van der Waals surface area contributed by atoms with Gasteiger partial charge in [-0.25, -0.2) is 4.39 Å². The first-order valence-electron chi connectivity index (χ1n) is 3.80. The van der Waals surface area contributed by atoms with Crippen molar-refractivity contribution < 1.29 is 44.6 Å². The number of rotatable bonds is 3. The fraction of sp³-hybridized carbons (Fsp3) is 0.714. The molecule has 1 N–H and O–H groups in total. The van der Waals surface area contributed by atoms with Crippen LogP contribution in [0.2, 0.25) is 0 Å². The molecule has 0 bridgehead atoms. The second-order valence-electron chi connectivity index (χ2n) is 2.87. The lowest BCUT2D eigenvalue weighted by Gasteiger charge is -2.33. The number of aliphatic hydroxyl groups is 1. The second-order valence-corrected chi connectivity index (χ2v) is 2.87. The molecule has 17 heavy (non-hydrogen) atoms. The highest BCUT2D eigenvalue weighted by molar-refractivity contribution is 5.16. The van der Waals surface area contributed by atoms with Gasteiger partial charge in [-0.1, -0.05) is 6.08 Å². The third-order valence-electron chi connectivity index (χ3n) is 1.68. The summed E-state index contributed by atoms with van der Waals surface area (Å²) in [6.45, 7) is -1.32. The van der Waals surface area contributed by atoms with Crippen LogP contribution in [0, 0.1) is 0 Å². The lowest BCUT2D eigenvalue weighted by Crippen LogP contribution is -2.61. The molecule has 10 heteroatoms. The summed E-state index contributed by atoms with van der Waals surface area (Å²) < 4.78 is 109. The van der Waals surface area contributed by atoms with Gasteiger partial charge < -0.3 is 5.11 Å². The quantitative estimate of drug-likeness (QED) is 0.620. The van der Waals surface area contributed by atoms with E-state index in [-0.39, 0.29) is 6.08 Å². The first kappa shape index (κ1) is 16.1. The fourth-order valence-electron chi connectivity index (χ4n) is 0.799. The van der Waals surface area contributed by atoms with Crippen molar-refractivity contribution in [2.75, 3.05) is 6.61 Å². The van der Waals surface area contributed by atoms with Crippen LogP contribution in [0.1, 0.15) is 0 Å². The first-order valence-corrected chi connectivity index (χ1v) is 3.80. The summed E-state index contributed by atoms with van der Waals surface area (Å²) in [5.41, 5.74) is -5.93. The Morgan fingerprint density at radius 1 is 0.765 bits per heavy atom. The highest BCUT2D eigenvalue weighted by Crippen LogP contribution is 2.53. The topological polar surface area (TPSA) is 20.2 Å². The zero-order valence-electron chi connectivity index (χ0n) is 7.71. The van der Waals surface area contributed by atoms with Gasteiger partial charge in [-0.05, 0) is 6.08 Å². The summed E-state index contributed by atoms with van der Waals surface area (Å²) in [6, 6.07) is 0. The van der Waals surface area contributed by atoms with E-state index < -0.39 is 36.6 Å². The Bertz CT molecular complexity index is 289. The molecule has 0 saturated carbocycles. The van der Waals surface area contributed by atoms with Crippen molar-refractivity contribution in [3.05, 3.63) is 12.2 Å². The van der Waals surface area contributed by atoms with Crippen molar-refractivity contribution >= 4 is 0 Å². The van der Waals surface area contributed by atoms with Gasteiger partial charge in [0.1, 0.15) is 0 Å². The lowest BCUT2D eigenvalue weighted by atomic mass is 9.95. The van der Waals surface area contributed by atoms with Crippen molar-refractivity contribution in [3.8, 4) is 0 Å². The minimum atomic E-state index is -6.73. The van der Waals surface area contributed by atoms with E-state index in [4.69, 9.17) is 5.11 Å². The van der Waals surface area contributed by atoms with Crippen molar-refractivity contribution in [3.63, 3.8) is 0 Å². The van der Waals surface area contributed by atoms with Crippen molar-refractivity contribution in [1.82, 2.24) is 0 Å². The van der Waals surface area contributed by atoms with E-state index in [1.54, 1.807) is 0 Å². The van der Waals surface area contributed by atoms with Crippen LogP contribution < -0.4 is 0 Å². The Hall–Kier alpha value is -0.930. The highest BCUT2D eigenvalue weighted by atomic mass is 19.4. The summed E-state index contributed by atoms with van der Waals surface area (Å²) in [7, 11) is 0. The number of halogens is 9. The maximum absolute atomic E-state index is 13.0. The summed E-state index contributed by atoms with van der Waals surface area (Å²) in [4.78, 5) is 0. The van der Waals surface area contributed by atoms with Gasteiger partial charge in [0.25, 0.3) is 5.67 Å². The average Bonchev–Trinajstić information content (AvgIpc) is 2.10. The molecule has 0 amide bonds. The molecule has 0 radical (unpaired) electrons. The highest BCUT2D eigenvalue weighted by Gasteiger charge is 2.80. The van der Waals surface area contributed by atoms with E-state index in [1.165, 1.54) is 0 Å². The van der Waals surface area contributed by atoms with E-state index >= 15 is 0 Å². The summed E-state index contributed by atoms with van der Waals surface area (Å²) >= 11 is 0.